The van der Waals surface area contributed by atoms with Gasteiger partial charge in [0, 0.05) is 21.7 Å². The topological polar surface area (TPSA) is 24.8 Å². The normalized spacial score (nSPS) is 17.9. The highest BCUT2D eigenvalue weighted by Gasteiger charge is 2.32. The number of hydrogen-bond acceptors (Lipinski definition) is 5. The van der Waals surface area contributed by atoms with Crippen LogP contribution in [0.5, 0.6) is 5.75 Å². The summed E-state index contributed by atoms with van der Waals surface area (Å²) in [4.78, 5) is 8.24. The van der Waals surface area contributed by atoms with Crippen molar-refractivity contribution in [3.63, 3.8) is 0 Å². The lowest BCUT2D eigenvalue weighted by Crippen LogP contribution is -2.20. The van der Waals surface area contributed by atoms with Gasteiger partial charge in [0.15, 0.2) is 5.17 Å². The van der Waals surface area contributed by atoms with Crippen molar-refractivity contribution in [1.82, 2.24) is 4.90 Å². The molecule has 0 aliphatic carbocycles. The first-order valence-corrected chi connectivity index (χ1v) is 8.24. The average Bonchev–Trinajstić information content (AvgIpc) is 3.12. The van der Waals surface area contributed by atoms with Crippen LogP contribution in [0, 0.1) is 0 Å². The van der Waals surface area contributed by atoms with Crippen LogP contribution in [-0.4, -0.2) is 30.3 Å². The number of thiophene rings is 1. The van der Waals surface area contributed by atoms with Crippen LogP contribution in [0.25, 0.3) is 15.8 Å². The Bertz CT molecular complexity index is 760. The summed E-state index contributed by atoms with van der Waals surface area (Å²) in [5.41, 5.74) is 2.57. The standard InChI is InChI=1S/C15H14N2OS2/c1-9-13(17-5-4-16-15(17)20-9)12-8-11(18-2)7-10-3-6-19-14(10)12/h3,6-8H,4-5H2,1-2H3. The molecule has 0 bridgehead atoms. The number of fused-ring (bicyclic) bond motifs is 2. The van der Waals surface area contributed by atoms with Gasteiger partial charge in [0.1, 0.15) is 5.75 Å². The molecule has 2 aliphatic heterocycles. The molecule has 1 aromatic carbocycles. The zero-order chi connectivity index (χ0) is 13.7. The molecule has 3 heterocycles. The Morgan fingerprint density at radius 2 is 2.25 bits per heavy atom. The molecular weight excluding hydrogens is 288 g/mol. The van der Waals surface area contributed by atoms with E-state index in [0.717, 1.165) is 24.0 Å². The number of methoxy groups -OCH3 is 1. The maximum absolute atomic E-state index is 5.46. The maximum atomic E-state index is 5.46. The predicted octanol–water partition coefficient (Wildman–Crippen LogP) is 4.02. The molecule has 0 radical (unpaired) electrons. The van der Waals surface area contributed by atoms with Crippen LogP contribution in [0.3, 0.4) is 0 Å². The molecule has 2 aliphatic rings. The molecule has 0 saturated heterocycles. The molecule has 4 rings (SSSR count). The number of aliphatic imine (C=N–C) groups is 1. The van der Waals surface area contributed by atoms with E-state index in [1.54, 1.807) is 30.2 Å². The van der Waals surface area contributed by atoms with Gasteiger partial charge in [0.05, 0.1) is 19.4 Å². The van der Waals surface area contributed by atoms with E-state index in [4.69, 9.17) is 4.74 Å². The summed E-state index contributed by atoms with van der Waals surface area (Å²) in [6.45, 7) is 4.06. The van der Waals surface area contributed by atoms with Crippen molar-refractivity contribution in [2.45, 2.75) is 6.92 Å². The van der Waals surface area contributed by atoms with Crippen molar-refractivity contribution >= 4 is 44.0 Å². The van der Waals surface area contributed by atoms with Crippen molar-refractivity contribution in [2.24, 2.45) is 4.99 Å². The minimum absolute atomic E-state index is 0.899. The van der Waals surface area contributed by atoms with E-state index in [2.05, 4.69) is 40.4 Å². The Hall–Kier alpha value is -1.46. The average molecular weight is 302 g/mol. The predicted molar refractivity (Wildman–Crippen MR) is 87.6 cm³/mol. The molecule has 0 atom stereocenters. The summed E-state index contributed by atoms with van der Waals surface area (Å²) >= 11 is 3.57. The van der Waals surface area contributed by atoms with Gasteiger partial charge in [0.2, 0.25) is 0 Å². The summed E-state index contributed by atoms with van der Waals surface area (Å²) in [7, 11) is 1.73. The van der Waals surface area contributed by atoms with Crippen molar-refractivity contribution in [2.75, 3.05) is 20.2 Å². The number of rotatable bonds is 2. The fraction of sp³-hybridized carbons (Fsp3) is 0.267. The lowest BCUT2D eigenvalue weighted by atomic mass is 10.1. The second-order valence-electron chi connectivity index (χ2n) is 4.84. The molecule has 0 unspecified atom stereocenters. The third kappa shape index (κ3) is 1.70. The summed E-state index contributed by atoms with van der Waals surface area (Å²) < 4.78 is 6.79. The fourth-order valence-corrected chi connectivity index (χ4v) is 4.72. The summed E-state index contributed by atoms with van der Waals surface area (Å²) in [5.74, 6) is 0.917. The fourth-order valence-electron chi connectivity index (χ4n) is 2.78. The van der Waals surface area contributed by atoms with E-state index < -0.39 is 0 Å². The third-order valence-corrected chi connectivity index (χ3v) is 5.66. The molecule has 0 amide bonds. The van der Waals surface area contributed by atoms with E-state index in [1.807, 2.05) is 0 Å². The largest absolute Gasteiger partial charge is 0.497 e. The first-order chi connectivity index (χ1) is 9.78. The first-order valence-electron chi connectivity index (χ1n) is 6.54. The third-order valence-electron chi connectivity index (χ3n) is 3.66. The highest BCUT2D eigenvalue weighted by atomic mass is 32.2. The maximum Gasteiger partial charge on any atom is 0.168 e. The van der Waals surface area contributed by atoms with Crippen LogP contribution in [-0.2, 0) is 0 Å². The van der Waals surface area contributed by atoms with Crippen molar-refractivity contribution < 1.29 is 4.74 Å². The zero-order valence-corrected chi connectivity index (χ0v) is 13.0. The molecule has 0 N–H and O–H groups in total. The Kier molecular flexibility index (Phi) is 2.79. The van der Waals surface area contributed by atoms with E-state index >= 15 is 0 Å². The number of amidine groups is 1. The van der Waals surface area contributed by atoms with Crippen LogP contribution >= 0.6 is 23.1 Å². The van der Waals surface area contributed by atoms with Crippen LogP contribution in [0.4, 0.5) is 0 Å². The molecule has 5 heteroatoms. The van der Waals surface area contributed by atoms with Crippen LogP contribution in [0.15, 0.2) is 33.5 Å². The van der Waals surface area contributed by atoms with E-state index in [-0.39, 0.29) is 0 Å². The van der Waals surface area contributed by atoms with Crippen LogP contribution in [0.1, 0.15) is 12.5 Å². The van der Waals surface area contributed by atoms with Crippen LogP contribution in [0.2, 0.25) is 0 Å². The second-order valence-corrected chi connectivity index (χ2v) is 6.93. The highest BCUT2D eigenvalue weighted by molar-refractivity contribution is 8.17. The number of hydrogen-bond donors (Lipinski definition) is 0. The lowest BCUT2D eigenvalue weighted by Gasteiger charge is -2.18. The minimum Gasteiger partial charge on any atom is -0.497 e. The Balaban J connectivity index is 1.95. The molecule has 20 heavy (non-hydrogen) atoms. The monoisotopic (exact) mass is 302 g/mol. The van der Waals surface area contributed by atoms with Gasteiger partial charge >= 0.3 is 0 Å². The smallest absolute Gasteiger partial charge is 0.168 e. The molecular formula is C15H14N2OS2. The van der Waals surface area contributed by atoms with Gasteiger partial charge in [0.25, 0.3) is 0 Å². The quantitative estimate of drug-likeness (QED) is 0.837. The van der Waals surface area contributed by atoms with E-state index in [0.29, 0.717) is 0 Å². The van der Waals surface area contributed by atoms with E-state index in [9.17, 15) is 0 Å². The highest BCUT2D eigenvalue weighted by Crippen LogP contribution is 2.45. The summed E-state index contributed by atoms with van der Waals surface area (Å²) in [6.07, 6.45) is 0. The summed E-state index contributed by atoms with van der Waals surface area (Å²) in [6, 6.07) is 6.41. The zero-order valence-electron chi connectivity index (χ0n) is 11.3. The van der Waals surface area contributed by atoms with Crippen molar-refractivity contribution in [3.05, 3.63) is 34.0 Å². The van der Waals surface area contributed by atoms with Crippen LogP contribution < -0.4 is 4.74 Å². The number of thioether (sulfide) groups is 1. The Morgan fingerprint density at radius 3 is 3.10 bits per heavy atom. The molecule has 3 nitrogen and oxygen atoms in total. The van der Waals surface area contributed by atoms with Gasteiger partial charge in [-0.15, -0.1) is 11.3 Å². The molecule has 1 aromatic heterocycles. The van der Waals surface area contributed by atoms with Gasteiger partial charge in [-0.25, -0.2) is 0 Å². The van der Waals surface area contributed by atoms with Gasteiger partial charge < -0.3 is 9.64 Å². The molecule has 2 aromatic rings. The molecule has 0 saturated carbocycles. The second kappa shape index (κ2) is 4.53. The first kappa shape index (κ1) is 12.3. The van der Waals surface area contributed by atoms with Gasteiger partial charge in [-0.3, -0.25) is 4.99 Å². The molecule has 102 valence electrons. The Labute approximate surface area is 125 Å². The van der Waals surface area contributed by atoms with Gasteiger partial charge in [-0.05, 0) is 35.9 Å². The lowest BCUT2D eigenvalue weighted by molar-refractivity contribution is 0.415. The van der Waals surface area contributed by atoms with Crippen molar-refractivity contribution in [1.29, 1.82) is 0 Å². The van der Waals surface area contributed by atoms with Gasteiger partial charge in [-0.1, -0.05) is 11.8 Å². The minimum atomic E-state index is 0.899. The Morgan fingerprint density at radius 1 is 1.35 bits per heavy atom. The van der Waals surface area contributed by atoms with Crippen molar-refractivity contribution in [3.8, 4) is 5.75 Å². The summed E-state index contributed by atoms with van der Waals surface area (Å²) in [5, 5.41) is 4.54. The number of benzene rings is 1. The number of allylic oxidation sites excluding steroid dienone is 1. The molecule has 0 spiro atoms. The van der Waals surface area contributed by atoms with Gasteiger partial charge in [-0.2, -0.15) is 0 Å². The number of ether oxygens (including phenoxy) is 1. The number of nitrogens with zero attached hydrogens (tertiary/aromatic N) is 2. The molecule has 0 fully saturated rings. The van der Waals surface area contributed by atoms with E-state index in [1.165, 1.54) is 26.3 Å². The SMILES string of the molecule is COc1cc(C2=C(C)SC3=NCCN32)c2sccc2c1.